The van der Waals surface area contributed by atoms with Gasteiger partial charge in [-0.25, -0.2) is 4.98 Å². The summed E-state index contributed by atoms with van der Waals surface area (Å²) in [7, 11) is 7.20. The van der Waals surface area contributed by atoms with Crippen molar-refractivity contribution in [3.63, 3.8) is 0 Å². The number of anilines is 1. The summed E-state index contributed by atoms with van der Waals surface area (Å²) in [4.78, 5) is 26.0. The standard InChI is InChI=1S/C28H33Cl2N5O3/c1-6-20(36)9-19-15-35(8-7-34(2)3)16-22(19)33-25-11-18-13-31-21(10-17(18)14-32-25)26-27(29)23(37-4)12-24(38-5)28(26)30/h6,10-14,19,22H,1,7-9,15-16H2,2-5H3,(H,32,33)/t19-,22+/m0/s1. The number of benzene rings is 1. The van der Waals surface area contributed by atoms with Crippen molar-refractivity contribution in [1.82, 2.24) is 19.8 Å². The van der Waals surface area contributed by atoms with Gasteiger partial charge in [0.05, 0.1) is 30.0 Å². The second-order valence-corrected chi connectivity index (χ2v) is 10.5. The molecule has 0 spiro atoms. The van der Waals surface area contributed by atoms with Gasteiger partial charge in [-0.15, -0.1) is 0 Å². The van der Waals surface area contributed by atoms with E-state index in [2.05, 4.69) is 45.8 Å². The first-order valence-corrected chi connectivity index (χ1v) is 13.1. The molecule has 1 aliphatic rings. The highest BCUT2D eigenvalue weighted by molar-refractivity contribution is 6.41. The third-order valence-corrected chi connectivity index (χ3v) is 7.59. The Morgan fingerprint density at radius 2 is 1.76 bits per heavy atom. The van der Waals surface area contributed by atoms with Crippen molar-refractivity contribution in [2.75, 3.05) is 59.8 Å². The minimum atomic E-state index is 0.0611. The summed E-state index contributed by atoms with van der Waals surface area (Å²) in [6.07, 6.45) is 5.44. The quantitative estimate of drug-likeness (QED) is 0.328. The lowest BCUT2D eigenvalue weighted by Gasteiger charge is -2.20. The maximum absolute atomic E-state index is 12.2. The average molecular weight is 559 g/mol. The molecule has 0 bridgehead atoms. The van der Waals surface area contributed by atoms with Crippen LogP contribution in [0.15, 0.2) is 43.2 Å². The molecule has 3 heterocycles. The van der Waals surface area contributed by atoms with Gasteiger partial charge < -0.3 is 19.7 Å². The number of nitrogens with one attached hydrogen (secondary N) is 1. The zero-order valence-electron chi connectivity index (χ0n) is 22.1. The Labute approximate surface area is 233 Å². The molecular formula is C28H33Cl2N5O3. The Morgan fingerprint density at radius 3 is 2.39 bits per heavy atom. The second-order valence-electron chi connectivity index (χ2n) is 9.72. The molecule has 0 radical (unpaired) electrons. The summed E-state index contributed by atoms with van der Waals surface area (Å²) in [5.74, 6) is 1.87. The first-order valence-electron chi connectivity index (χ1n) is 12.4. The molecule has 1 aromatic carbocycles. The SMILES string of the molecule is C=CC(=O)C[C@H]1CN(CCN(C)C)C[C@H]1Nc1cc2cnc(-c3c(Cl)c(OC)cc(OC)c3Cl)cc2cn1. The number of nitrogens with zero attached hydrogens (tertiary/aromatic N) is 4. The number of pyridine rings is 2. The minimum Gasteiger partial charge on any atom is -0.495 e. The van der Waals surface area contributed by atoms with Crippen LogP contribution < -0.4 is 14.8 Å². The first-order chi connectivity index (χ1) is 18.2. The van der Waals surface area contributed by atoms with Crippen LogP contribution >= 0.6 is 23.2 Å². The zero-order chi connectivity index (χ0) is 27.4. The van der Waals surface area contributed by atoms with E-state index in [-0.39, 0.29) is 17.7 Å². The van der Waals surface area contributed by atoms with Crippen molar-refractivity contribution in [1.29, 1.82) is 0 Å². The van der Waals surface area contributed by atoms with E-state index in [9.17, 15) is 4.79 Å². The summed E-state index contributed by atoms with van der Waals surface area (Å²) >= 11 is 13.2. The number of likely N-dealkylation sites (tertiary alicyclic amines) is 1. The molecule has 1 fully saturated rings. The number of carbonyl (C=O) groups is 1. The number of aromatic nitrogens is 2. The number of fused-ring (bicyclic) bond motifs is 1. The molecule has 0 saturated carbocycles. The molecule has 10 heteroatoms. The normalized spacial score (nSPS) is 17.7. The van der Waals surface area contributed by atoms with E-state index in [1.54, 1.807) is 18.5 Å². The van der Waals surface area contributed by atoms with Crippen molar-refractivity contribution in [3.8, 4) is 22.8 Å². The van der Waals surface area contributed by atoms with Gasteiger partial charge in [0.2, 0.25) is 0 Å². The molecule has 3 aromatic rings. The smallest absolute Gasteiger partial charge is 0.155 e. The lowest BCUT2D eigenvalue weighted by Crippen LogP contribution is -2.32. The zero-order valence-corrected chi connectivity index (χ0v) is 23.6. The number of hydrogen-bond acceptors (Lipinski definition) is 8. The van der Waals surface area contributed by atoms with E-state index >= 15 is 0 Å². The largest absolute Gasteiger partial charge is 0.495 e. The van der Waals surface area contributed by atoms with Crippen LogP contribution in [0.25, 0.3) is 22.0 Å². The third kappa shape index (κ3) is 6.21. The highest BCUT2D eigenvalue weighted by Crippen LogP contribution is 2.45. The predicted molar refractivity (Wildman–Crippen MR) is 154 cm³/mol. The molecule has 202 valence electrons. The van der Waals surface area contributed by atoms with Crippen molar-refractivity contribution in [2.45, 2.75) is 12.5 Å². The van der Waals surface area contributed by atoms with Crippen molar-refractivity contribution >= 4 is 45.6 Å². The topological polar surface area (TPSA) is 79.8 Å². The third-order valence-electron chi connectivity index (χ3n) is 6.84. The molecule has 4 rings (SSSR count). The van der Waals surface area contributed by atoms with E-state index in [1.165, 1.54) is 20.3 Å². The fraction of sp³-hybridized carbons (Fsp3) is 0.393. The Hall–Kier alpha value is -2.91. The number of ether oxygens (including phenoxy) is 2. The number of likely N-dealkylation sites (N-methyl/N-ethyl adjacent to an activating group) is 1. The summed E-state index contributed by atoms with van der Waals surface area (Å²) in [5.41, 5.74) is 1.12. The number of halogens is 2. The van der Waals surface area contributed by atoms with Crippen LogP contribution in [0.3, 0.4) is 0 Å². The van der Waals surface area contributed by atoms with Crippen molar-refractivity contribution in [2.24, 2.45) is 5.92 Å². The maximum atomic E-state index is 12.2. The van der Waals surface area contributed by atoms with E-state index < -0.39 is 0 Å². The van der Waals surface area contributed by atoms with Crippen LogP contribution in [0, 0.1) is 5.92 Å². The van der Waals surface area contributed by atoms with Gasteiger partial charge in [-0.05, 0) is 32.3 Å². The van der Waals surface area contributed by atoms with Gasteiger partial charge in [-0.3, -0.25) is 14.7 Å². The number of allylic oxidation sites excluding steroid dienone is 1. The number of hydrogen-bond donors (Lipinski definition) is 1. The van der Waals surface area contributed by atoms with Gasteiger partial charge in [-0.1, -0.05) is 29.8 Å². The van der Waals surface area contributed by atoms with E-state index in [0.29, 0.717) is 39.2 Å². The van der Waals surface area contributed by atoms with Gasteiger partial charge >= 0.3 is 0 Å². The molecule has 38 heavy (non-hydrogen) atoms. The van der Waals surface area contributed by atoms with Crippen molar-refractivity contribution < 1.29 is 14.3 Å². The van der Waals surface area contributed by atoms with Crippen molar-refractivity contribution in [3.05, 3.63) is 53.3 Å². The number of carbonyl (C=O) groups excluding carboxylic acids is 1. The van der Waals surface area contributed by atoms with Gasteiger partial charge in [0.25, 0.3) is 0 Å². The lowest BCUT2D eigenvalue weighted by atomic mass is 9.97. The summed E-state index contributed by atoms with van der Waals surface area (Å²) in [6.45, 7) is 7.25. The number of ketones is 1. The molecule has 0 aliphatic carbocycles. The maximum Gasteiger partial charge on any atom is 0.155 e. The van der Waals surface area contributed by atoms with Crippen LogP contribution in [0.1, 0.15) is 6.42 Å². The van der Waals surface area contributed by atoms with E-state index in [0.717, 1.165) is 42.8 Å². The van der Waals surface area contributed by atoms with Crippen LogP contribution in [-0.2, 0) is 4.79 Å². The molecule has 0 unspecified atom stereocenters. The summed E-state index contributed by atoms with van der Waals surface area (Å²) < 4.78 is 10.8. The van der Waals surface area contributed by atoms with Crippen LogP contribution in [0.2, 0.25) is 10.0 Å². The number of rotatable bonds is 11. The Morgan fingerprint density at radius 1 is 1.11 bits per heavy atom. The molecule has 1 aliphatic heterocycles. The fourth-order valence-corrected chi connectivity index (χ4v) is 5.44. The molecule has 2 aromatic heterocycles. The Bertz CT molecular complexity index is 1310. The van der Waals surface area contributed by atoms with Gasteiger partial charge in [0.1, 0.15) is 17.3 Å². The van der Waals surface area contributed by atoms with Crippen LogP contribution in [0.4, 0.5) is 5.82 Å². The molecule has 1 N–H and O–H groups in total. The van der Waals surface area contributed by atoms with Crippen LogP contribution in [-0.4, -0.2) is 86.1 Å². The van der Waals surface area contributed by atoms with Crippen LogP contribution in [0.5, 0.6) is 11.5 Å². The number of methoxy groups -OCH3 is 2. The fourth-order valence-electron chi connectivity index (χ4n) is 4.75. The molecule has 1 saturated heterocycles. The monoisotopic (exact) mass is 557 g/mol. The van der Waals surface area contributed by atoms with Gasteiger partial charge in [0.15, 0.2) is 5.78 Å². The molecule has 0 amide bonds. The average Bonchev–Trinajstić information content (AvgIpc) is 3.28. The Kier molecular flexibility index (Phi) is 9.10. The highest BCUT2D eigenvalue weighted by Gasteiger charge is 2.33. The molecule has 2 atom stereocenters. The predicted octanol–water partition coefficient (Wildman–Crippen LogP) is 5.04. The van der Waals surface area contributed by atoms with E-state index in [4.69, 9.17) is 32.7 Å². The first kappa shape index (κ1) is 28.1. The lowest BCUT2D eigenvalue weighted by molar-refractivity contribution is -0.115. The van der Waals surface area contributed by atoms with Gasteiger partial charge in [0, 0.05) is 79.4 Å². The molecule has 8 nitrogen and oxygen atoms in total. The Balaban J connectivity index is 1.59. The molecular weight excluding hydrogens is 525 g/mol. The van der Waals surface area contributed by atoms with E-state index in [1.807, 2.05) is 12.1 Å². The van der Waals surface area contributed by atoms with Gasteiger partial charge in [-0.2, -0.15) is 0 Å². The summed E-state index contributed by atoms with van der Waals surface area (Å²) in [6, 6.07) is 5.61. The minimum absolute atomic E-state index is 0.0611. The highest BCUT2D eigenvalue weighted by atomic mass is 35.5. The summed E-state index contributed by atoms with van der Waals surface area (Å²) in [5, 5.41) is 6.08. The second kappa shape index (κ2) is 12.3.